The second kappa shape index (κ2) is 5.92. The predicted molar refractivity (Wildman–Crippen MR) is 74.8 cm³/mol. The number of rotatable bonds is 6. The van der Waals surface area contributed by atoms with Gasteiger partial charge < -0.3 is 10.1 Å². The summed E-state index contributed by atoms with van der Waals surface area (Å²) in [6, 6.07) is 0.873. The summed E-state index contributed by atoms with van der Waals surface area (Å²) in [6.07, 6.45) is 17.0. The van der Waals surface area contributed by atoms with Gasteiger partial charge in [-0.3, -0.25) is 0 Å². The molecule has 3 rings (SSSR count). The molecule has 1 spiro atoms. The first-order valence-corrected chi connectivity index (χ1v) is 8.28. The van der Waals surface area contributed by atoms with Gasteiger partial charge in [0.25, 0.3) is 0 Å². The fourth-order valence-corrected chi connectivity index (χ4v) is 3.75. The Morgan fingerprint density at radius 1 is 0.944 bits per heavy atom. The predicted octanol–water partition coefficient (Wildman–Crippen LogP) is 3.79. The first-order valence-electron chi connectivity index (χ1n) is 8.28. The van der Waals surface area contributed by atoms with E-state index in [0.29, 0.717) is 11.7 Å². The summed E-state index contributed by atoms with van der Waals surface area (Å²) < 4.78 is 6.41. The van der Waals surface area contributed by atoms with Crippen molar-refractivity contribution >= 4 is 0 Å². The molecule has 0 aromatic rings. The average molecular weight is 251 g/mol. The van der Waals surface area contributed by atoms with Gasteiger partial charge in [-0.05, 0) is 64.3 Å². The molecule has 0 amide bonds. The van der Waals surface area contributed by atoms with Gasteiger partial charge in [0.1, 0.15) is 0 Å². The molecule has 1 unspecified atom stereocenters. The zero-order valence-corrected chi connectivity index (χ0v) is 11.8. The molecule has 1 aliphatic heterocycles. The van der Waals surface area contributed by atoms with Crippen molar-refractivity contribution in [1.82, 2.24) is 5.32 Å². The number of hydrogen-bond acceptors (Lipinski definition) is 2. The standard InChI is InChI=1S/C16H29NO/c1-3-10-16(11-4-1)12-9-15(18-16)6-2-5-13-17-14-7-8-14/h14-15,17H,1-13H2. The van der Waals surface area contributed by atoms with E-state index in [9.17, 15) is 0 Å². The minimum Gasteiger partial charge on any atom is -0.372 e. The van der Waals surface area contributed by atoms with Crippen molar-refractivity contribution < 1.29 is 4.74 Å². The molecule has 3 aliphatic rings. The largest absolute Gasteiger partial charge is 0.372 e. The van der Waals surface area contributed by atoms with Crippen molar-refractivity contribution in [1.29, 1.82) is 0 Å². The lowest BCUT2D eigenvalue weighted by Crippen LogP contribution is -2.31. The van der Waals surface area contributed by atoms with Crippen molar-refractivity contribution in [2.24, 2.45) is 0 Å². The Balaban J connectivity index is 1.29. The molecule has 2 heteroatoms. The molecular formula is C16H29NO. The molecule has 1 atom stereocenters. The van der Waals surface area contributed by atoms with Gasteiger partial charge in [0.15, 0.2) is 0 Å². The Morgan fingerprint density at radius 3 is 2.56 bits per heavy atom. The second-order valence-electron chi connectivity index (χ2n) is 6.75. The summed E-state index contributed by atoms with van der Waals surface area (Å²) >= 11 is 0. The molecule has 0 aromatic heterocycles. The van der Waals surface area contributed by atoms with E-state index in [0.717, 1.165) is 6.04 Å². The van der Waals surface area contributed by atoms with Crippen molar-refractivity contribution in [2.45, 2.75) is 94.8 Å². The Bertz CT molecular complexity index is 256. The molecule has 3 fully saturated rings. The van der Waals surface area contributed by atoms with E-state index in [-0.39, 0.29) is 0 Å². The summed E-state index contributed by atoms with van der Waals surface area (Å²) in [5.41, 5.74) is 0.329. The lowest BCUT2D eigenvalue weighted by atomic mass is 9.83. The molecule has 2 aliphatic carbocycles. The van der Waals surface area contributed by atoms with Gasteiger partial charge in [-0.15, -0.1) is 0 Å². The summed E-state index contributed by atoms with van der Waals surface area (Å²) in [5, 5.41) is 3.60. The molecular weight excluding hydrogens is 222 g/mol. The molecule has 0 aromatic carbocycles. The van der Waals surface area contributed by atoms with Gasteiger partial charge in [-0.1, -0.05) is 19.3 Å². The lowest BCUT2D eigenvalue weighted by Gasteiger charge is -2.33. The third-order valence-corrected chi connectivity index (χ3v) is 5.07. The molecule has 2 saturated carbocycles. The number of nitrogens with one attached hydrogen (secondary N) is 1. The summed E-state index contributed by atoms with van der Waals surface area (Å²) in [6.45, 7) is 1.22. The van der Waals surface area contributed by atoms with E-state index in [1.54, 1.807) is 0 Å². The van der Waals surface area contributed by atoms with Crippen LogP contribution in [0.2, 0.25) is 0 Å². The highest BCUT2D eigenvalue weighted by Gasteiger charge is 2.40. The zero-order valence-electron chi connectivity index (χ0n) is 11.8. The van der Waals surface area contributed by atoms with Gasteiger partial charge in [0.05, 0.1) is 11.7 Å². The summed E-state index contributed by atoms with van der Waals surface area (Å²) in [7, 11) is 0. The van der Waals surface area contributed by atoms with E-state index in [1.165, 1.54) is 83.6 Å². The average Bonchev–Trinajstić information content (AvgIpc) is 3.14. The summed E-state index contributed by atoms with van der Waals surface area (Å²) in [4.78, 5) is 0. The molecule has 2 nitrogen and oxygen atoms in total. The van der Waals surface area contributed by atoms with E-state index in [4.69, 9.17) is 4.74 Å². The van der Waals surface area contributed by atoms with Crippen LogP contribution < -0.4 is 5.32 Å². The van der Waals surface area contributed by atoms with Gasteiger partial charge in [-0.2, -0.15) is 0 Å². The van der Waals surface area contributed by atoms with Crippen molar-refractivity contribution in [3.05, 3.63) is 0 Å². The molecule has 1 heterocycles. The van der Waals surface area contributed by atoms with Crippen LogP contribution in [0.3, 0.4) is 0 Å². The van der Waals surface area contributed by atoms with Gasteiger partial charge >= 0.3 is 0 Å². The van der Waals surface area contributed by atoms with Crippen LogP contribution in [0.15, 0.2) is 0 Å². The van der Waals surface area contributed by atoms with Gasteiger partial charge in [0.2, 0.25) is 0 Å². The van der Waals surface area contributed by atoms with Gasteiger partial charge in [0, 0.05) is 6.04 Å². The third-order valence-electron chi connectivity index (χ3n) is 5.07. The Labute approximate surface area is 112 Å². The van der Waals surface area contributed by atoms with Crippen LogP contribution in [0.5, 0.6) is 0 Å². The van der Waals surface area contributed by atoms with Crippen LogP contribution in [0.1, 0.15) is 77.0 Å². The zero-order chi connectivity index (χ0) is 12.3. The number of unbranched alkanes of at least 4 members (excludes halogenated alkanes) is 1. The van der Waals surface area contributed by atoms with Crippen LogP contribution in [0.25, 0.3) is 0 Å². The molecule has 1 saturated heterocycles. The Kier molecular flexibility index (Phi) is 4.25. The maximum Gasteiger partial charge on any atom is 0.0687 e. The highest BCUT2D eigenvalue weighted by molar-refractivity contribution is 4.91. The first kappa shape index (κ1) is 12.9. The highest BCUT2D eigenvalue weighted by Crippen LogP contribution is 2.42. The smallest absolute Gasteiger partial charge is 0.0687 e. The molecule has 0 radical (unpaired) electrons. The Morgan fingerprint density at radius 2 is 1.78 bits per heavy atom. The van der Waals surface area contributed by atoms with Crippen LogP contribution in [-0.4, -0.2) is 24.3 Å². The van der Waals surface area contributed by atoms with E-state index in [2.05, 4.69) is 5.32 Å². The van der Waals surface area contributed by atoms with Crippen LogP contribution in [0, 0.1) is 0 Å². The molecule has 104 valence electrons. The monoisotopic (exact) mass is 251 g/mol. The maximum absolute atomic E-state index is 6.41. The maximum atomic E-state index is 6.41. The quantitative estimate of drug-likeness (QED) is 0.725. The van der Waals surface area contributed by atoms with E-state index in [1.807, 2.05) is 0 Å². The fourth-order valence-electron chi connectivity index (χ4n) is 3.75. The third kappa shape index (κ3) is 3.48. The van der Waals surface area contributed by atoms with Crippen molar-refractivity contribution in [3.8, 4) is 0 Å². The molecule has 18 heavy (non-hydrogen) atoms. The minimum absolute atomic E-state index is 0.329. The van der Waals surface area contributed by atoms with Crippen LogP contribution in [0.4, 0.5) is 0 Å². The Hall–Kier alpha value is -0.0800. The van der Waals surface area contributed by atoms with Crippen LogP contribution in [-0.2, 0) is 4.74 Å². The minimum atomic E-state index is 0.329. The number of ether oxygens (including phenoxy) is 1. The van der Waals surface area contributed by atoms with Crippen molar-refractivity contribution in [2.75, 3.05) is 6.54 Å². The summed E-state index contributed by atoms with van der Waals surface area (Å²) in [5.74, 6) is 0. The lowest BCUT2D eigenvalue weighted by molar-refractivity contribution is -0.0660. The molecule has 0 bridgehead atoms. The number of hydrogen-bond donors (Lipinski definition) is 1. The normalized spacial score (nSPS) is 31.0. The van der Waals surface area contributed by atoms with E-state index < -0.39 is 0 Å². The second-order valence-corrected chi connectivity index (χ2v) is 6.75. The van der Waals surface area contributed by atoms with E-state index >= 15 is 0 Å². The highest BCUT2D eigenvalue weighted by atomic mass is 16.5. The van der Waals surface area contributed by atoms with Gasteiger partial charge in [-0.25, -0.2) is 0 Å². The fraction of sp³-hybridized carbons (Fsp3) is 1.00. The topological polar surface area (TPSA) is 21.3 Å². The van der Waals surface area contributed by atoms with Crippen LogP contribution >= 0.6 is 0 Å². The van der Waals surface area contributed by atoms with Crippen molar-refractivity contribution in [3.63, 3.8) is 0 Å². The molecule has 1 N–H and O–H groups in total. The SMILES string of the molecule is C1CCC2(CC1)CCC(CCCCNC1CC1)O2. The first-order chi connectivity index (χ1) is 8.86.